The van der Waals surface area contributed by atoms with Crippen LogP contribution in [0.3, 0.4) is 0 Å². The van der Waals surface area contributed by atoms with Crippen LogP contribution in [-0.4, -0.2) is 21.5 Å². The first kappa shape index (κ1) is 17.2. The van der Waals surface area contributed by atoms with Crippen LogP contribution in [0.2, 0.25) is 0 Å². The Morgan fingerprint density at radius 2 is 1.89 bits per heavy atom. The third-order valence-electron chi connectivity index (χ3n) is 5.01. The van der Waals surface area contributed by atoms with Crippen LogP contribution in [0.15, 0.2) is 65.7 Å². The van der Waals surface area contributed by atoms with Crippen molar-refractivity contribution in [2.24, 2.45) is 0 Å². The minimum Gasteiger partial charge on any atom is -0.307 e. The number of amides is 1. The first-order chi connectivity index (χ1) is 13.0. The molecular formula is C22H21N3O2. The summed E-state index contributed by atoms with van der Waals surface area (Å²) in [5.74, 6) is -0.0977. The van der Waals surface area contributed by atoms with E-state index in [-0.39, 0.29) is 24.1 Å². The Morgan fingerprint density at radius 1 is 1.15 bits per heavy atom. The van der Waals surface area contributed by atoms with E-state index in [1.54, 1.807) is 4.90 Å². The van der Waals surface area contributed by atoms with Crippen molar-refractivity contribution in [3.8, 4) is 11.3 Å². The first-order valence-electron chi connectivity index (χ1n) is 9.06. The molecule has 0 radical (unpaired) electrons. The molecule has 136 valence electrons. The zero-order chi connectivity index (χ0) is 19.0. The monoisotopic (exact) mass is 359 g/mol. The summed E-state index contributed by atoms with van der Waals surface area (Å²) >= 11 is 0. The van der Waals surface area contributed by atoms with Crippen LogP contribution in [0.1, 0.15) is 18.1 Å². The average Bonchev–Trinajstić information content (AvgIpc) is 3.00. The third kappa shape index (κ3) is 3.28. The zero-order valence-electron chi connectivity index (χ0n) is 15.4. The Hall–Kier alpha value is -3.21. The van der Waals surface area contributed by atoms with Gasteiger partial charge < -0.3 is 4.90 Å². The van der Waals surface area contributed by atoms with E-state index < -0.39 is 0 Å². The largest absolute Gasteiger partial charge is 0.307 e. The minimum absolute atomic E-state index is 0.0152. The number of hydrogen-bond acceptors (Lipinski definition) is 3. The maximum Gasteiger partial charge on any atom is 0.254 e. The van der Waals surface area contributed by atoms with Gasteiger partial charge in [-0.2, -0.15) is 0 Å². The van der Waals surface area contributed by atoms with E-state index in [4.69, 9.17) is 0 Å². The van der Waals surface area contributed by atoms with Crippen LogP contribution in [0.25, 0.3) is 11.3 Å². The highest BCUT2D eigenvalue weighted by atomic mass is 16.2. The van der Waals surface area contributed by atoms with E-state index in [9.17, 15) is 9.59 Å². The van der Waals surface area contributed by atoms with E-state index in [1.165, 1.54) is 22.5 Å². The molecule has 0 spiro atoms. The highest BCUT2D eigenvalue weighted by Crippen LogP contribution is 2.31. The number of carbonyl (C=O) groups excluding carboxylic acids is 1. The second-order valence-electron chi connectivity index (χ2n) is 7.05. The Bertz CT molecular complexity index is 1050. The van der Waals surface area contributed by atoms with Crippen molar-refractivity contribution in [2.75, 3.05) is 4.90 Å². The highest BCUT2D eigenvalue weighted by molar-refractivity contribution is 5.96. The number of aryl methyl sites for hydroxylation is 1. The lowest BCUT2D eigenvalue weighted by molar-refractivity contribution is -0.119. The standard InChI is InChI=1S/C22H21N3O2/c1-15-7-9-17(10-8-15)19-12-21(26)24(14-23-19)13-22(27)25-16(2)11-18-5-3-4-6-20(18)25/h3-10,12,14,16H,11,13H2,1-2H3. The van der Waals surface area contributed by atoms with Crippen molar-refractivity contribution in [3.63, 3.8) is 0 Å². The van der Waals surface area contributed by atoms with Gasteiger partial charge in [-0.1, -0.05) is 48.0 Å². The summed E-state index contributed by atoms with van der Waals surface area (Å²) in [5.41, 5.74) is 4.53. The Kier molecular flexibility index (Phi) is 4.36. The normalized spacial score (nSPS) is 15.6. The molecule has 2 heterocycles. The lowest BCUT2D eigenvalue weighted by atomic mass is 10.1. The summed E-state index contributed by atoms with van der Waals surface area (Å²) in [4.78, 5) is 31.5. The van der Waals surface area contributed by atoms with Crippen molar-refractivity contribution in [3.05, 3.63) is 82.4 Å². The highest BCUT2D eigenvalue weighted by Gasteiger charge is 2.30. The molecule has 1 aromatic heterocycles. The van der Waals surface area contributed by atoms with Crippen LogP contribution in [0.4, 0.5) is 5.69 Å². The summed E-state index contributed by atoms with van der Waals surface area (Å²) in [5, 5.41) is 0. The molecular weight excluding hydrogens is 338 g/mol. The molecule has 0 saturated carbocycles. The SMILES string of the molecule is Cc1ccc(-c2cc(=O)n(CC(=O)N3c4ccccc4CC3C)cn2)cc1. The minimum atomic E-state index is -0.228. The number of carbonyl (C=O) groups is 1. The molecule has 0 aliphatic carbocycles. The molecule has 2 aromatic carbocycles. The molecule has 4 rings (SSSR count). The fraction of sp³-hybridized carbons (Fsp3) is 0.227. The van der Waals surface area contributed by atoms with Crippen molar-refractivity contribution in [1.29, 1.82) is 0 Å². The van der Waals surface area contributed by atoms with Gasteiger partial charge in [0, 0.05) is 23.4 Å². The van der Waals surface area contributed by atoms with E-state index in [1.807, 2.05) is 62.4 Å². The Morgan fingerprint density at radius 3 is 2.63 bits per heavy atom. The number of hydrogen-bond donors (Lipinski definition) is 0. The van der Waals surface area contributed by atoms with Gasteiger partial charge in [-0.3, -0.25) is 14.2 Å². The van der Waals surface area contributed by atoms with Gasteiger partial charge in [0.2, 0.25) is 5.91 Å². The van der Waals surface area contributed by atoms with Crippen LogP contribution in [0.5, 0.6) is 0 Å². The van der Waals surface area contributed by atoms with Crippen LogP contribution >= 0.6 is 0 Å². The number of aromatic nitrogens is 2. The first-order valence-corrected chi connectivity index (χ1v) is 9.06. The van der Waals surface area contributed by atoms with Gasteiger partial charge in [-0.25, -0.2) is 4.98 Å². The quantitative estimate of drug-likeness (QED) is 0.722. The zero-order valence-corrected chi connectivity index (χ0v) is 15.4. The van der Waals surface area contributed by atoms with Gasteiger partial charge >= 0.3 is 0 Å². The molecule has 1 atom stereocenters. The second kappa shape index (κ2) is 6.83. The van der Waals surface area contributed by atoms with Crippen LogP contribution in [0, 0.1) is 6.92 Å². The second-order valence-corrected chi connectivity index (χ2v) is 7.05. The summed E-state index contributed by atoms with van der Waals surface area (Å²) < 4.78 is 1.37. The Balaban J connectivity index is 1.57. The summed E-state index contributed by atoms with van der Waals surface area (Å²) in [6, 6.07) is 17.3. The molecule has 3 aromatic rings. The van der Waals surface area contributed by atoms with Gasteiger partial charge in [0.25, 0.3) is 5.56 Å². The van der Waals surface area contributed by atoms with E-state index >= 15 is 0 Å². The number of para-hydroxylation sites is 1. The number of nitrogens with zero attached hydrogens (tertiary/aromatic N) is 3. The average molecular weight is 359 g/mol. The molecule has 0 N–H and O–H groups in total. The molecule has 0 saturated heterocycles. The van der Waals surface area contributed by atoms with Crippen LogP contribution in [-0.2, 0) is 17.8 Å². The van der Waals surface area contributed by atoms with E-state index in [2.05, 4.69) is 4.98 Å². The van der Waals surface area contributed by atoms with Gasteiger partial charge in [0.1, 0.15) is 6.54 Å². The van der Waals surface area contributed by atoms with Gasteiger partial charge in [-0.15, -0.1) is 0 Å². The molecule has 1 aliphatic heterocycles. The van der Waals surface area contributed by atoms with Crippen molar-refractivity contribution < 1.29 is 4.79 Å². The molecule has 5 nitrogen and oxygen atoms in total. The molecule has 0 fully saturated rings. The molecule has 1 amide bonds. The van der Waals surface area contributed by atoms with Crippen LogP contribution < -0.4 is 10.5 Å². The smallest absolute Gasteiger partial charge is 0.254 e. The molecule has 1 aliphatic rings. The van der Waals surface area contributed by atoms with Crippen molar-refractivity contribution in [2.45, 2.75) is 32.9 Å². The summed E-state index contributed by atoms with van der Waals surface area (Å²) in [6.45, 7) is 4.02. The maximum absolute atomic E-state index is 12.9. The van der Waals surface area contributed by atoms with Gasteiger partial charge in [0.05, 0.1) is 12.0 Å². The fourth-order valence-corrected chi connectivity index (χ4v) is 3.59. The topological polar surface area (TPSA) is 55.2 Å². The lowest BCUT2D eigenvalue weighted by Crippen LogP contribution is -2.39. The van der Waals surface area contributed by atoms with E-state index in [0.717, 1.165) is 23.2 Å². The van der Waals surface area contributed by atoms with Gasteiger partial charge in [-0.05, 0) is 31.9 Å². The fourth-order valence-electron chi connectivity index (χ4n) is 3.59. The maximum atomic E-state index is 12.9. The predicted molar refractivity (Wildman–Crippen MR) is 106 cm³/mol. The molecule has 27 heavy (non-hydrogen) atoms. The predicted octanol–water partition coefficient (Wildman–Crippen LogP) is 3.20. The van der Waals surface area contributed by atoms with E-state index in [0.29, 0.717) is 5.69 Å². The number of rotatable bonds is 3. The molecule has 5 heteroatoms. The number of benzene rings is 2. The third-order valence-corrected chi connectivity index (χ3v) is 5.01. The molecule has 0 bridgehead atoms. The Labute approximate surface area is 157 Å². The van der Waals surface area contributed by atoms with Gasteiger partial charge in [0.15, 0.2) is 0 Å². The summed E-state index contributed by atoms with van der Waals surface area (Å²) in [7, 11) is 0. The number of fused-ring (bicyclic) bond motifs is 1. The molecule has 1 unspecified atom stereocenters. The summed E-state index contributed by atoms with van der Waals surface area (Å²) in [6.07, 6.45) is 2.30. The van der Waals surface area contributed by atoms with Crippen molar-refractivity contribution >= 4 is 11.6 Å². The number of anilines is 1. The van der Waals surface area contributed by atoms with Crippen molar-refractivity contribution in [1.82, 2.24) is 9.55 Å². The lowest BCUT2D eigenvalue weighted by Gasteiger charge is -2.23.